The van der Waals surface area contributed by atoms with Crippen LogP contribution in [0.4, 0.5) is 13.6 Å². The second-order valence-corrected chi connectivity index (χ2v) is 14.4. The van der Waals surface area contributed by atoms with E-state index in [0.29, 0.717) is 38.6 Å². The van der Waals surface area contributed by atoms with Crippen molar-refractivity contribution in [3.63, 3.8) is 0 Å². The van der Waals surface area contributed by atoms with E-state index in [1.165, 1.54) is 29.2 Å². The molecule has 2 rings (SSSR count). The number of amides is 2. The zero-order chi connectivity index (χ0) is 33.2. The Balaban J connectivity index is 2.10. The third-order valence-corrected chi connectivity index (χ3v) is 10.9. The van der Waals surface area contributed by atoms with Gasteiger partial charge in [0.05, 0.1) is 6.04 Å². The van der Waals surface area contributed by atoms with E-state index >= 15 is 8.78 Å². The summed E-state index contributed by atoms with van der Waals surface area (Å²) in [6.45, 7) is -0.219. The Hall–Kier alpha value is -2.71. The van der Waals surface area contributed by atoms with Gasteiger partial charge in [-0.25, -0.2) is 4.79 Å². The van der Waals surface area contributed by atoms with Crippen molar-refractivity contribution in [1.29, 1.82) is 0 Å². The number of ether oxygens (including phenoxy) is 1. The summed E-state index contributed by atoms with van der Waals surface area (Å²) in [6.07, 6.45) is 0.0508. The highest BCUT2D eigenvalue weighted by Gasteiger charge is 2.58. The lowest BCUT2D eigenvalue weighted by Crippen LogP contribution is -2.39. The molecular weight excluding hydrogens is 632 g/mol. The lowest BCUT2D eigenvalue weighted by atomic mass is 10.0. The number of carbonyl (C=O) groups is 3. The molecule has 0 spiro atoms. The van der Waals surface area contributed by atoms with Crippen LogP contribution in [-0.2, 0) is 29.4 Å². The SMILES string of the molecule is O=C(O)CCCCCCN1C(=O)CC[C@@H]1/C=C/[C@@H](OC(=O)NCCCC(O)(P(=O)(O)O)P(=O)(O)O)C(F)(F)c1ccccc1. The van der Waals surface area contributed by atoms with Gasteiger partial charge in [-0.05, 0) is 31.8 Å². The number of carboxylic acids is 1. The van der Waals surface area contributed by atoms with E-state index in [2.05, 4.69) is 5.32 Å². The zero-order valence-corrected chi connectivity index (χ0v) is 25.5. The van der Waals surface area contributed by atoms with Crippen molar-refractivity contribution in [1.82, 2.24) is 10.2 Å². The van der Waals surface area contributed by atoms with Crippen LogP contribution < -0.4 is 5.32 Å². The number of carbonyl (C=O) groups excluding carboxylic acids is 2. The van der Waals surface area contributed by atoms with Gasteiger partial charge in [0.25, 0.3) is 5.08 Å². The first-order valence-electron chi connectivity index (χ1n) is 13.8. The molecule has 0 bridgehead atoms. The predicted octanol–water partition coefficient (Wildman–Crippen LogP) is 3.24. The van der Waals surface area contributed by atoms with E-state index < -0.39 is 75.4 Å². The Morgan fingerprint density at radius 2 is 1.66 bits per heavy atom. The van der Waals surface area contributed by atoms with E-state index in [-0.39, 0.29) is 18.7 Å². The van der Waals surface area contributed by atoms with Gasteiger partial charge >= 0.3 is 33.2 Å². The van der Waals surface area contributed by atoms with Crippen LogP contribution in [0.5, 0.6) is 0 Å². The number of alkyl carbamates (subject to hydrolysis) is 1. The number of halogens is 2. The number of benzene rings is 1. The Kier molecular flexibility index (Phi) is 13.7. The fourth-order valence-electron chi connectivity index (χ4n) is 4.58. The molecular formula is C26H38F2N2O12P2. The van der Waals surface area contributed by atoms with Gasteiger partial charge in [0.15, 0.2) is 6.10 Å². The van der Waals surface area contributed by atoms with Crippen LogP contribution >= 0.6 is 15.2 Å². The summed E-state index contributed by atoms with van der Waals surface area (Å²) >= 11 is 0. The molecule has 0 unspecified atom stereocenters. The number of rotatable bonds is 18. The van der Waals surface area contributed by atoms with Crippen LogP contribution in [0.25, 0.3) is 0 Å². The van der Waals surface area contributed by atoms with E-state index in [4.69, 9.17) is 9.84 Å². The Morgan fingerprint density at radius 1 is 1.05 bits per heavy atom. The molecule has 0 aliphatic carbocycles. The van der Waals surface area contributed by atoms with Crippen LogP contribution in [0.3, 0.4) is 0 Å². The monoisotopic (exact) mass is 670 g/mol. The molecule has 44 heavy (non-hydrogen) atoms. The zero-order valence-electron chi connectivity index (χ0n) is 23.7. The first-order chi connectivity index (χ1) is 20.4. The smallest absolute Gasteiger partial charge is 0.407 e. The molecule has 248 valence electrons. The van der Waals surface area contributed by atoms with Gasteiger partial charge in [0.2, 0.25) is 5.91 Å². The molecule has 7 N–H and O–H groups in total. The molecule has 1 saturated heterocycles. The highest BCUT2D eigenvalue weighted by molar-refractivity contribution is 7.72. The maximum Gasteiger partial charge on any atom is 0.407 e. The normalized spacial score (nSPS) is 17.2. The number of unbranched alkanes of at least 4 members (excludes halogenated alkanes) is 3. The number of carboxylic acid groups (broad SMARTS) is 1. The molecule has 1 aromatic rings. The molecule has 2 atom stereocenters. The Morgan fingerprint density at radius 3 is 2.25 bits per heavy atom. The summed E-state index contributed by atoms with van der Waals surface area (Å²) < 4.78 is 59.0. The molecule has 18 heteroatoms. The summed E-state index contributed by atoms with van der Waals surface area (Å²) in [5.74, 6) is -4.82. The van der Waals surface area contributed by atoms with Gasteiger partial charge < -0.3 is 44.7 Å². The van der Waals surface area contributed by atoms with Crippen molar-refractivity contribution < 1.29 is 66.8 Å². The fourth-order valence-corrected chi connectivity index (χ4v) is 6.84. The standard InChI is InChI=1S/C26H38F2N2O12P2/c27-26(28,19-9-4-3-5-10-19)21(42-24(34)29-17-8-16-25(35,43(36,37)38)44(39,40)41)14-12-20-13-15-22(31)30(20)18-7-2-1-6-11-23(32)33/h3-5,9-10,12,14,20-21,35H,1-2,6-8,11,13,15-18H2,(H,29,34)(H,32,33)(H2,36,37,38)(H2,39,40,41)/b14-12+/t20-,21+/m0/s1. The lowest BCUT2D eigenvalue weighted by molar-refractivity contribution is -0.137. The first kappa shape index (κ1) is 37.5. The number of nitrogens with zero attached hydrogens (tertiary/aromatic N) is 1. The minimum atomic E-state index is -5.71. The summed E-state index contributed by atoms with van der Waals surface area (Å²) in [5, 5.41) is 17.0. The molecule has 1 aromatic carbocycles. The molecule has 1 aliphatic rings. The third-order valence-electron chi connectivity index (χ3n) is 7.06. The van der Waals surface area contributed by atoms with Crippen molar-refractivity contribution >= 4 is 33.2 Å². The Labute approximate surface area is 252 Å². The molecule has 1 aliphatic heterocycles. The maximum absolute atomic E-state index is 15.5. The van der Waals surface area contributed by atoms with Gasteiger partial charge in [-0.1, -0.05) is 49.2 Å². The summed E-state index contributed by atoms with van der Waals surface area (Å²) in [7, 11) is -11.4. The van der Waals surface area contributed by atoms with Crippen molar-refractivity contribution in [2.24, 2.45) is 0 Å². The second kappa shape index (κ2) is 16.0. The quantitative estimate of drug-likeness (QED) is 0.0678. The van der Waals surface area contributed by atoms with Crippen molar-refractivity contribution in [3.05, 3.63) is 48.0 Å². The van der Waals surface area contributed by atoms with E-state index in [1.807, 2.05) is 0 Å². The molecule has 0 radical (unpaired) electrons. The number of aliphatic hydroxyl groups is 1. The molecule has 1 heterocycles. The first-order valence-corrected chi connectivity index (χ1v) is 17.0. The molecule has 2 amide bonds. The summed E-state index contributed by atoms with van der Waals surface area (Å²) in [5.41, 5.74) is -0.475. The van der Waals surface area contributed by atoms with E-state index in [9.17, 15) is 48.2 Å². The van der Waals surface area contributed by atoms with Crippen LogP contribution in [-0.4, -0.2) is 83.0 Å². The van der Waals surface area contributed by atoms with Gasteiger partial charge in [0, 0.05) is 37.9 Å². The number of likely N-dealkylation sites (tertiary alicyclic amines) is 1. The van der Waals surface area contributed by atoms with Crippen molar-refractivity contribution in [2.75, 3.05) is 13.1 Å². The van der Waals surface area contributed by atoms with Gasteiger partial charge in [-0.3, -0.25) is 18.7 Å². The number of aliphatic carboxylic acids is 1. The number of alkyl halides is 2. The average Bonchev–Trinajstić information content (AvgIpc) is 3.28. The van der Waals surface area contributed by atoms with Crippen molar-refractivity contribution in [2.45, 2.75) is 80.9 Å². The fraction of sp³-hybridized carbons (Fsp3) is 0.577. The van der Waals surface area contributed by atoms with Crippen LogP contribution in [0.1, 0.15) is 63.4 Å². The third kappa shape index (κ3) is 10.4. The lowest BCUT2D eigenvalue weighted by Gasteiger charge is -2.29. The highest BCUT2D eigenvalue weighted by Crippen LogP contribution is 2.69. The Bertz CT molecular complexity index is 1230. The minimum Gasteiger partial charge on any atom is -0.481 e. The van der Waals surface area contributed by atoms with E-state index in [0.717, 1.165) is 18.2 Å². The number of hydrogen-bond acceptors (Lipinski definition) is 7. The average molecular weight is 671 g/mol. The van der Waals surface area contributed by atoms with Gasteiger partial charge in [0.1, 0.15) is 0 Å². The molecule has 1 fully saturated rings. The second-order valence-electron chi connectivity index (χ2n) is 10.3. The van der Waals surface area contributed by atoms with Crippen LogP contribution in [0, 0.1) is 0 Å². The highest BCUT2D eigenvalue weighted by atomic mass is 31.2. The predicted molar refractivity (Wildman–Crippen MR) is 151 cm³/mol. The van der Waals surface area contributed by atoms with E-state index in [1.54, 1.807) is 0 Å². The number of nitrogens with one attached hydrogen (secondary N) is 1. The van der Waals surface area contributed by atoms with Gasteiger partial charge in [-0.2, -0.15) is 8.78 Å². The molecule has 0 saturated carbocycles. The van der Waals surface area contributed by atoms with Crippen LogP contribution in [0.2, 0.25) is 0 Å². The summed E-state index contributed by atoms with van der Waals surface area (Å²) in [4.78, 5) is 73.9. The summed E-state index contributed by atoms with van der Waals surface area (Å²) in [6, 6.07) is 5.94. The van der Waals surface area contributed by atoms with Gasteiger partial charge in [-0.15, -0.1) is 0 Å². The van der Waals surface area contributed by atoms with Crippen molar-refractivity contribution in [3.8, 4) is 0 Å². The maximum atomic E-state index is 15.5. The minimum absolute atomic E-state index is 0.0433. The molecule has 14 nitrogen and oxygen atoms in total. The number of hydrogen-bond donors (Lipinski definition) is 7. The van der Waals surface area contributed by atoms with Crippen LogP contribution in [0.15, 0.2) is 42.5 Å². The molecule has 0 aromatic heterocycles. The largest absolute Gasteiger partial charge is 0.481 e. The topological polar surface area (TPSA) is 231 Å².